The van der Waals surface area contributed by atoms with Crippen molar-refractivity contribution in [2.75, 3.05) is 18.0 Å². The summed E-state index contributed by atoms with van der Waals surface area (Å²) in [6.07, 6.45) is 1.49. The molecular weight excluding hydrogens is 307 g/mol. The molecule has 1 saturated heterocycles. The minimum atomic E-state index is -0.322. The zero-order valence-electron chi connectivity index (χ0n) is 13.1. The Hall–Kier alpha value is -2.69. The second kappa shape index (κ2) is 6.07. The highest BCUT2D eigenvalue weighted by Crippen LogP contribution is 2.27. The lowest BCUT2D eigenvalue weighted by Gasteiger charge is -2.30. The number of anilines is 1. The third-order valence-corrected chi connectivity index (χ3v) is 4.55. The average Bonchev–Trinajstić information content (AvgIpc) is 3.06. The first-order valence-corrected chi connectivity index (χ1v) is 8.11. The molecule has 0 aliphatic carbocycles. The summed E-state index contributed by atoms with van der Waals surface area (Å²) in [5.41, 5.74) is 2.20. The molecule has 1 aliphatic rings. The van der Waals surface area contributed by atoms with Crippen molar-refractivity contribution in [3.8, 4) is 0 Å². The number of carbonyl (C=O) groups is 1. The van der Waals surface area contributed by atoms with Gasteiger partial charge in [0.1, 0.15) is 11.3 Å². The first-order valence-electron chi connectivity index (χ1n) is 8.11. The Morgan fingerprint density at radius 3 is 2.50 bits per heavy atom. The third kappa shape index (κ3) is 2.77. The maximum absolute atomic E-state index is 13.0. The molecule has 2 aromatic carbocycles. The van der Waals surface area contributed by atoms with Gasteiger partial charge in [-0.2, -0.15) is 4.98 Å². The molecule has 24 heavy (non-hydrogen) atoms. The molecular formula is C19H17FN2O2. The fraction of sp³-hybridized carbons (Fsp3) is 0.263. The highest BCUT2D eigenvalue weighted by molar-refractivity contribution is 5.98. The van der Waals surface area contributed by atoms with Gasteiger partial charge in [0, 0.05) is 24.6 Å². The van der Waals surface area contributed by atoms with Crippen LogP contribution in [0.4, 0.5) is 10.4 Å². The zero-order valence-corrected chi connectivity index (χ0v) is 13.1. The van der Waals surface area contributed by atoms with Crippen molar-refractivity contribution in [2.24, 2.45) is 5.92 Å². The van der Waals surface area contributed by atoms with Crippen molar-refractivity contribution < 1.29 is 13.6 Å². The number of Topliss-reactive ketones (excluding diaryl/α,β-unsaturated/α-hetero) is 1. The number of aromatic nitrogens is 1. The fourth-order valence-electron chi connectivity index (χ4n) is 3.18. The number of fused-ring (bicyclic) bond motifs is 1. The summed E-state index contributed by atoms with van der Waals surface area (Å²) in [4.78, 5) is 19.1. The second-order valence-corrected chi connectivity index (χ2v) is 6.10. The number of ketones is 1. The molecule has 0 bridgehead atoms. The van der Waals surface area contributed by atoms with Crippen molar-refractivity contribution in [1.29, 1.82) is 0 Å². The Morgan fingerprint density at radius 1 is 1.08 bits per heavy atom. The molecule has 1 aliphatic heterocycles. The van der Waals surface area contributed by atoms with E-state index in [2.05, 4.69) is 9.88 Å². The monoisotopic (exact) mass is 324 g/mol. The van der Waals surface area contributed by atoms with Gasteiger partial charge in [-0.15, -0.1) is 0 Å². The molecule has 1 aromatic heterocycles. The number of rotatable bonds is 3. The van der Waals surface area contributed by atoms with Crippen LogP contribution in [-0.4, -0.2) is 23.9 Å². The number of piperidine rings is 1. The number of halogens is 1. The molecule has 122 valence electrons. The van der Waals surface area contributed by atoms with Gasteiger partial charge in [-0.05, 0) is 49.2 Å². The van der Waals surface area contributed by atoms with Crippen molar-refractivity contribution in [1.82, 2.24) is 4.98 Å². The molecule has 0 amide bonds. The van der Waals surface area contributed by atoms with Crippen molar-refractivity contribution in [2.45, 2.75) is 12.8 Å². The number of hydrogen-bond donors (Lipinski definition) is 0. The van der Waals surface area contributed by atoms with Gasteiger partial charge in [-0.1, -0.05) is 12.1 Å². The minimum Gasteiger partial charge on any atom is -0.423 e. The van der Waals surface area contributed by atoms with Crippen molar-refractivity contribution in [3.05, 3.63) is 59.9 Å². The Labute approximate surface area is 138 Å². The average molecular weight is 324 g/mol. The smallest absolute Gasteiger partial charge is 0.298 e. The molecule has 0 spiro atoms. The van der Waals surface area contributed by atoms with E-state index in [0.717, 1.165) is 37.0 Å². The van der Waals surface area contributed by atoms with E-state index in [4.69, 9.17) is 4.42 Å². The summed E-state index contributed by atoms with van der Waals surface area (Å²) in [5.74, 6) is -0.263. The van der Waals surface area contributed by atoms with Gasteiger partial charge in [0.2, 0.25) is 0 Å². The van der Waals surface area contributed by atoms with E-state index in [-0.39, 0.29) is 17.5 Å². The second-order valence-electron chi connectivity index (χ2n) is 6.10. The predicted molar refractivity (Wildman–Crippen MR) is 89.7 cm³/mol. The predicted octanol–water partition coefficient (Wildman–Crippen LogP) is 4.07. The molecule has 5 heteroatoms. The van der Waals surface area contributed by atoms with Crippen LogP contribution in [0.2, 0.25) is 0 Å². The van der Waals surface area contributed by atoms with Gasteiger partial charge in [-0.3, -0.25) is 4.79 Å². The van der Waals surface area contributed by atoms with Gasteiger partial charge in [0.25, 0.3) is 6.01 Å². The quantitative estimate of drug-likeness (QED) is 0.682. The van der Waals surface area contributed by atoms with E-state index in [1.54, 1.807) is 12.1 Å². The van der Waals surface area contributed by atoms with Crippen LogP contribution in [0.5, 0.6) is 0 Å². The van der Waals surface area contributed by atoms with Crippen LogP contribution < -0.4 is 4.90 Å². The molecule has 0 saturated carbocycles. The summed E-state index contributed by atoms with van der Waals surface area (Å²) in [6.45, 7) is 1.45. The molecule has 0 atom stereocenters. The van der Waals surface area contributed by atoms with E-state index in [1.165, 1.54) is 12.1 Å². The Bertz CT molecular complexity index is 831. The number of carbonyl (C=O) groups excluding carboxylic acids is 1. The normalized spacial score (nSPS) is 15.8. The maximum atomic E-state index is 13.0. The summed E-state index contributed by atoms with van der Waals surface area (Å²) >= 11 is 0. The van der Waals surface area contributed by atoms with Gasteiger partial charge in [0.15, 0.2) is 11.4 Å². The topological polar surface area (TPSA) is 46.3 Å². The molecule has 4 nitrogen and oxygen atoms in total. The fourth-order valence-corrected chi connectivity index (χ4v) is 3.18. The SMILES string of the molecule is O=C(c1ccc(F)cc1)C1CCN(c2nc3ccccc3o2)CC1. The van der Waals surface area contributed by atoms with Crippen LogP contribution in [0, 0.1) is 11.7 Å². The number of nitrogens with zero attached hydrogens (tertiary/aromatic N) is 2. The summed E-state index contributed by atoms with van der Waals surface area (Å²) in [5, 5.41) is 0. The lowest BCUT2D eigenvalue weighted by Crippen LogP contribution is -2.36. The Morgan fingerprint density at radius 2 is 1.79 bits per heavy atom. The highest BCUT2D eigenvalue weighted by Gasteiger charge is 2.27. The van der Waals surface area contributed by atoms with Crippen LogP contribution in [0.25, 0.3) is 11.1 Å². The summed E-state index contributed by atoms with van der Waals surface area (Å²) in [6, 6.07) is 14.1. The van der Waals surface area contributed by atoms with E-state index in [0.29, 0.717) is 11.6 Å². The molecule has 2 heterocycles. The van der Waals surface area contributed by atoms with Gasteiger partial charge in [0.05, 0.1) is 0 Å². The molecule has 0 radical (unpaired) electrons. The highest BCUT2D eigenvalue weighted by atomic mass is 19.1. The van der Waals surface area contributed by atoms with E-state index in [9.17, 15) is 9.18 Å². The molecule has 0 unspecified atom stereocenters. The Balaban J connectivity index is 1.44. The summed E-state index contributed by atoms with van der Waals surface area (Å²) < 4.78 is 18.8. The number of para-hydroxylation sites is 2. The van der Waals surface area contributed by atoms with Crippen molar-refractivity contribution in [3.63, 3.8) is 0 Å². The van der Waals surface area contributed by atoms with Crippen molar-refractivity contribution >= 4 is 22.9 Å². The maximum Gasteiger partial charge on any atom is 0.298 e. The van der Waals surface area contributed by atoms with Gasteiger partial charge >= 0.3 is 0 Å². The Kier molecular flexibility index (Phi) is 3.76. The molecule has 0 N–H and O–H groups in total. The first-order chi connectivity index (χ1) is 11.7. The van der Waals surface area contributed by atoms with Gasteiger partial charge in [-0.25, -0.2) is 4.39 Å². The van der Waals surface area contributed by atoms with Crippen LogP contribution in [0.3, 0.4) is 0 Å². The molecule has 3 aromatic rings. The molecule has 4 rings (SSSR count). The number of benzene rings is 2. The van der Waals surface area contributed by atoms with Crippen LogP contribution in [0.15, 0.2) is 52.9 Å². The number of oxazole rings is 1. The van der Waals surface area contributed by atoms with Crippen LogP contribution >= 0.6 is 0 Å². The minimum absolute atomic E-state index is 0.0314. The van der Waals surface area contributed by atoms with Crippen LogP contribution in [0.1, 0.15) is 23.2 Å². The molecule has 1 fully saturated rings. The lowest BCUT2D eigenvalue weighted by molar-refractivity contribution is 0.0899. The summed E-state index contributed by atoms with van der Waals surface area (Å²) in [7, 11) is 0. The van der Waals surface area contributed by atoms with Crippen LogP contribution in [-0.2, 0) is 0 Å². The lowest BCUT2D eigenvalue weighted by atomic mass is 9.89. The first kappa shape index (κ1) is 14.9. The van der Waals surface area contributed by atoms with E-state index in [1.807, 2.05) is 24.3 Å². The zero-order chi connectivity index (χ0) is 16.5. The van der Waals surface area contributed by atoms with Gasteiger partial charge < -0.3 is 9.32 Å². The standard InChI is InChI=1S/C19H17FN2O2/c20-15-7-5-13(6-8-15)18(23)14-9-11-22(12-10-14)19-21-16-3-1-2-4-17(16)24-19/h1-8,14H,9-12H2. The number of hydrogen-bond acceptors (Lipinski definition) is 4. The van der Waals surface area contributed by atoms with E-state index < -0.39 is 0 Å². The largest absolute Gasteiger partial charge is 0.423 e. The van der Waals surface area contributed by atoms with E-state index >= 15 is 0 Å². The third-order valence-electron chi connectivity index (χ3n) is 4.55.